The van der Waals surface area contributed by atoms with E-state index in [4.69, 9.17) is 10.8 Å². The zero-order valence-corrected chi connectivity index (χ0v) is 6.95. The fourth-order valence-electron chi connectivity index (χ4n) is 1.04. The van der Waals surface area contributed by atoms with Crippen LogP contribution in [0.2, 0.25) is 0 Å². The number of alkyl halides is 2. The van der Waals surface area contributed by atoms with E-state index in [1.54, 1.807) is 12.1 Å². The van der Waals surface area contributed by atoms with Crippen LogP contribution in [0.4, 0.5) is 8.78 Å². The Morgan fingerprint density at radius 1 is 1.38 bits per heavy atom. The number of nitrogens with two attached hydrogens (primary N) is 1. The summed E-state index contributed by atoms with van der Waals surface area (Å²) in [6, 6.07) is 5.01. The third-order valence-electron chi connectivity index (χ3n) is 1.71. The summed E-state index contributed by atoms with van der Waals surface area (Å²) in [5.41, 5.74) is 5.79. The first-order valence-corrected chi connectivity index (χ1v) is 3.91. The molecule has 0 spiro atoms. The maximum absolute atomic E-state index is 12.0. The molecule has 0 saturated heterocycles. The van der Waals surface area contributed by atoms with Crippen molar-refractivity contribution in [3.05, 3.63) is 29.8 Å². The van der Waals surface area contributed by atoms with Gasteiger partial charge in [-0.25, -0.2) is 8.78 Å². The van der Waals surface area contributed by atoms with Crippen molar-refractivity contribution in [3.8, 4) is 5.75 Å². The average molecular weight is 187 g/mol. The van der Waals surface area contributed by atoms with Gasteiger partial charge < -0.3 is 10.8 Å². The molecule has 4 heteroatoms. The summed E-state index contributed by atoms with van der Waals surface area (Å²) in [4.78, 5) is 0. The van der Waals surface area contributed by atoms with Crippen molar-refractivity contribution >= 4 is 0 Å². The lowest BCUT2D eigenvalue weighted by molar-refractivity contribution is 0.116. The van der Waals surface area contributed by atoms with E-state index in [1.807, 2.05) is 0 Å². The maximum atomic E-state index is 12.0. The normalized spacial score (nSPS) is 13.2. The van der Waals surface area contributed by atoms with Crippen LogP contribution in [0.5, 0.6) is 5.75 Å². The van der Waals surface area contributed by atoms with E-state index in [1.165, 1.54) is 12.1 Å². The van der Waals surface area contributed by atoms with Gasteiger partial charge >= 0.3 is 0 Å². The molecule has 1 aromatic rings. The summed E-state index contributed by atoms with van der Waals surface area (Å²) in [5, 5.41) is 9.04. The highest BCUT2D eigenvalue weighted by molar-refractivity contribution is 5.27. The van der Waals surface area contributed by atoms with Gasteiger partial charge in [-0.3, -0.25) is 0 Å². The number of phenols is 1. The van der Waals surface area contributed by atoms with Gasteiger partial charge in [0.2, 0.25) is 0 Å². The lowest BCUT2D eigenvalue weighted by atomic mass is 10.1. The predicted octanol–water partition coefficient (Wildman–Crippen LogP) is 1.53. The molecular formula is C9H11F2NO. The van der Waals surface area contributed by atoms with E-state index in [0.29, 0.717) is 5.56 Å². The second-order valence-electron chi connectivity index (χ2n) is 2.87. The molecule has 0 amide bonds. The highest BCUT2D eigenvalue weighted by Gasteiger charge is 2.15. The molecule has 1 unspecified atom stereocenters. The second kappa shape index (κ2) is 4.18. The highest BCUT2D eigenvalue weighted by atomic mass is 19.3. The van der Waals surface area contributed by atoms with Crippen LogP contribution in [0.3, 0.4) is 0 Å². The van der Waals surface area contributed by atoms with E-state index >= 15 is 0 Å². The zero-order valence-electron chi connectivity index (χ0n) is 6.95. The Morgan fingerprint density at radius 2 is 2.08 bits per heavy atom. The molecule has 0 aliphatic rings. The molecule has 0 aliphatic heterocycles. The van der Waals surface area contributed by atoms with Gasteiger partial charge in [-0.1, -0.05) is 12.1 Å². The Bertz CT molecular complexity index is 278. The Kier molecular flexibility index (Phi) is 3.19. The van der Waals surface area contributed by atoms with Gasteiger partial charge in [0.15, 0.2) is 0 Å². The van der Waals surface area contributed by atoms with Crippen molar-refractivity contribution in [2.24, 2.45) is 5.73 Å². The first-order valence-electron chi connectivity index (χ1n) is 3.91. The summed E-state index contributed by atoms with van der Waals surface area (Å²) >= 11 is 0. The summed E-state index contributed by atoms with van der Waals surface area (Å²) in [5.74, 6) is 0.0685. The Morgan fingerprint density at radius 3 is 2.62 bits per heavy atom. The number of benzene rings is 1. The Labute approximate surface area is 75.0 Å². The lowest BCUT2D eigenvalue weighted by Gasteiger charge is -2.09. The maximum Gasteiger partial charge on any atom is 0.253 e. The monoisotopic (exact) mass is 187 g/mol. The van der Waals surface area contributed by atoms with Gasteiger partial charge in [0.25, 0.3) is 6.43 Å². The molecule has 0 aromatic heterocycles. The van der Waals surface area contributed by atoms with Gasteiger partial charge in [0, 0.05) is 0 Å². The highest BCUT2D eigenvalue weighted by Crippen LogP contribution is 2.13. The van der Waals surface area contributed by atoms with Crippen LogP contribution in [-0.2, 0) is 6.42 Å². The van der Waals surface area contributed by atoms with Crippen molar-refractivity contribution < 1.29 is 13.9 Å². The van der Waals surface area contributed by atoms with E-state index in [9.17, 15) is 8.78 Å². The van der Waals surface area contributed by atoms with Crippen LogP contribution in [0, 0.1) is 0 Å². The first kappa shape index (κ1) is 9.92. The van der Waals surface area contributed by atoms with Crippen molar-refractivity contribution in [2.45, 2.75) is 18.9 Å². The average Bonchev–Trinajstić information content (AvgIpc) is 2.04. The van der Waals surface area contributed by atoms with E-state index in [2.05, 4.69) is 0 Å². The van der Waals surface area contributed by atoms with Crippen LogP contribution in [0.1, 0.15) is 5.56 Å². The number of hydrogen-bond donors (Lipinski definition) is 2. The quantitative estimate of drug-likeness (QED) is 0.753. The molecule has 13 heavy (non-hydrogen) atoms. The largest absolute Gasteiger partial charge is 0.508 e. The van der Waals surface area contributed by atoms with Crippen LogP contribution in [0.25, 0.3) is 0 Å². The number of hydrogen-bond acceptors (Lipinski definition) is 2. The lowest BCUT2D eigenvalue weighted by Crippen LogP contribution is -2.30. The van der Waals surface area contributed by atoms with Crippen molar-refractivity contribution in [1.29, 1.82) is 0 Å². The number of rotatable bonds is 3. The van der Waals surface area contributed by atoms with Crippen LogP contribution in [-0.4, -0.2) is 17.6 Å². The third-order valence-corrected chi connectivity index (χ3v) is 1.71. The minimum absolute atomic E-state index is 0.0685. The van der Waals surface area contributed by atoms with E-state index in [-0.39, 0.29) is 12.2 Å². The van der Waals surface area contributed by atoms with Crippen LogP contribution >= 0.6 is 0 Å². The number of phenolic OH excluding ortho intramolecular Hbond substituents is 1. The molecular weight excluding hydrogens is 176 g/mol. The molecule has 2 nitrogen and oxygen atoms in total. The fraction of sp³-hybridized carbons (Fsp3) is 0.333. The molecule has 1 aromatic carbocycles. The summed E-state index contributed by atoms with van der Waals surface area (Å²) in [7, 11) is 0. The molecule has 0 bridgehead atoms. The third kappa shape index (κ3) is 2.99. The summed E-state index contributed by atoms with van der Waals surface area (Å²) in [6.45, 7) is 0. The standard InChI is InChI=1S/C9H11F2NO/c10-9(11)8(12)5-6-2-1-3-7(13)4-6/h1-4,8-9,13H,5,12H2. The molecule has 1 atom stereocenters. The van der Waals surface area contributed by atoms with Crippen LogP contribution < -0.4 is 5.73 Å². The van der Waals surface area contributed by atoms with Gasteiger partial charge in [-0.2, -0.15) is 0 Å². The number of halogens is 2. The topological polar surface area (TPSA) is 46.2 Å². The molecule has 0 saturated carbocycles. The van der Waals surface area contributed by atoms with Crippen molar-refractivity contribution in [2.75, 3.05) is 0 Å². The SMILES string of the molecule is NC(Cc1cccc(O)c1)C(F)F. The van der Waals surface area contributed by atoms with E-state index < -0.39 is 12.5 Å². The second-order valence-corrected chi connectivity index (χ2v) is 2.87. The first-order chi connectivity index (χ1) is 6.09. The molecule has 3 N–H and O–H groups in total. The van der Waals surface area contributed by atoms with E-state index in [0.717, 1.165) is 0 Å². The summed E-state index contributed by atoms with van der Waals surface area (Å²) in [6.07, 6.45) is -2.45. The van der Waals surface area contributed by atoms with Gasteiger partial charge in [0.1, 0.15) is 5.75 Å². The van der Waals surface area contributed by atoms with Gasteiger partial charge in [0.05, 0.1) is 6.04 Å². The smallest absolute Gasteiger partial charge is 0.253 e. The molecule has 0 radical (unpaired) electrons. The van der Waals surface area contributed by atoms with Gasteiger partial charge in [-0.05, 0) is 24.1 Å². The van der Waals surface area contributed by atoms with Crippen molar-refractivity contribution in [3.63, 3.8) is 0 Å². The van der Waals surface area contributed by atoms with Gasteiger partial charge in [-0.15, -0.1) is 0 Å². The Balaban J connectivity index is 2.64. The van der Waals surface area contributed by atoms with Crippen LogP contribution in [0.15, 0.2) is 24.3 Å². The number of aromatic hydroxyl groups is 1. The summed E-state index contributed by atoms with van der Waals surface area (Å²) < 4.78 is 24.1. The minimum Gasteiger partial charge on any atom is -0.508 e. The molecule has 0 aliphatic carbocycles. The zero-order chi connectivity index (χ0) is 9.84. The fourth-order valence-corrected chi connectivity index (χ4v) is 1.04. The molecule has 0 heterocycles. The molecule has 72 valence electrons. The van der Waals surface area contributed by atoms with Crippen molar-refractivity contribution in [1.82, 2.24) is 0 Å². The molecule has 1 rings (SSSR count). The molecule has 0 fully saturated rings. The minimum atomic E-state index is -2.53. The Hall–Kier alpha value is -1.16. The predicted molar refractivity (Wildman–Crippen MR) is 45.8 cm³/mol.